The van der Waals surface area contributed by atoms with Crippen LogP contribution in [-0.2, 0) is 9.47 Å². The van der Waals surface area contributed by atoms with Gasteiger partial charge in [-0.25, -0.2) is 9.59 Å². The molecule has 0 aromatic rings. The Labute approximate surface area is 171 Å². The normalized spacial score (nSPS) is 17.7. The fourth-order valence-electron chi connectivity index (χ4n) is 3.39. The molecule has 1 aliphatic heterocycles. The van der Waals surface area contributed by atoms with Gasteiger partial charge in [0.25, 0.3) is 6.10 Å². The number of piperidine rings is 1. The fourth-order valence-corrected chi connectivity index (χ4v) is 3.39. The van der Waals surface area contributed by atoms with Crippen LogP contribution in [-0.4, -0.2) is 71.2 Å². The number of carbonyl (C=O) groups is 2. The number of hydrogen-bond donors (Lipinski definition) is 0. The molecule has 0 atom stereocenters. The number of likely N-dealkylation sites (tertiary alicyclic amines) is 1. The molecule has 0 radical (unpaired) electrons. The van der Waals surface area contributed by atoms with Gasteiger partial charge >= 0.3 is 24.5 Å². The predicted molar refractivity (Wildman–Crippen MR) is 94.8 cm³/mol. The maximum absolute atomic E-state index is 12.6. The van der Waals surface area contributed by atoms with Crippen LogP contribution in [0.1, 0.15) is 53.9 Å². The third kappa shape index (κ3) is 6.56. The first kappa shape index (κ1) is 26.2. The van der Waals surface area contributed by atoms with E-state index in [2.05, 4.69) is 4.74 Å². The highest BCUT2D eigenvalue weighted by molar-refractivity contribution is 5.70. The first-order valence-electron chi connectivity index (χ1n) is 9.56. The molecule has 12 heteroatoms. The molecule has 1 aliphatic rings. The number of halogens is 6. The lowest BCUT2D eigenvalue weighted by atomic mass is 9.83. The zero-order valence-corrected chi connectivity index (χ0v) is 17.6. The number of amides is 2. The molecule has 0 N–H and O–H groups in total. The van der Waals surface area contributed by atoms with Crippen LogP contribution in [0.25, 0.3) is 0 Å². The molecule has 0 aromatic heterocycles. The SMILES string of the molecule is CCN(C(=O)OC(C)(C)C)C1(CC)CCN(C(=O)OC(C(F)(F)F)C(F)(F)F)CC1. The van der Waals surface area contributed by atoms with Gasteiger partial charge in [0.1, 0.15) is 5.60 Å². The van der Waals surface area contributed by atoms with Crippen molar-refractivity contribution in [2.24, 2.45) is 0 Å². The highest BCUT2D eigenvalue weighted by Crippen LogP contribution is 2.37. The third-order valence-electron chi connectivity index (χ3n) is 4.93. The van der Waals surface area contributed by atoms with Crippen molar-refractivity contribution in [2.75, 3.05) is 19.6 Å². The van der Waals surface area contributed by atoms with E-state index in [1.807, 2.05) is 6.92 Å². The molecule has 0 aliphatic carbocycles. The molecule has 1 saturated heterocycles. The molecular formula is C18H28F6N2O4. The van der Waals surface area contributed by atoms with Gasteiger partial charge in [-0.1, -0.05) is 6.92 Å². The number of hydrogen-bond acceptors (Lipinski definition) is 4. The van der Waals surface area contributed by atoms with Crippen LogP contribution in [0.2, 0.25) is 0 Å². The van der Waals surface area contributed by atoms with Crippen LogP contribution < -0.4 is 0 Å². The van der Waals surface area contributed by atoms with Crippen molar-refractivity contribution < 1.29 is 45.4 Å². The number of rotatable bonds is 4. The van der Waals surface area contributed by atoms with Gasteiger partial charge in [0.15, 0.2) is 0 Å². The molecular weight excluding hydrogens is 422 g/mol. The molecule has 0 saturated carbocycles. The van der Waals surface area contributed by atoms with Gasteiger partial charge in [-0.15, -0.1) is 0 Å². The number of alkyl halides is 6. The van der Waals surface area contributed by atoms with E-state index in [4.69, 9.17) is 4.74 Å². The van der Waals surface area contributed by atoms with E-state index in [9.17, 15) is 35.9 Å². The lowest BCUT2D eigenvalue weighted by molar-refractivity contribution is -0.308. The van der Waals surface area contributed by atoms with Crippen molar-refractivity contribution in [1.29, 1.82) is 0 Å². The van der Waals surface area contributed by atoms with E-state index >= 15 is 0 Å². The summed E-state index contributed by atoms with van der Waals surface area (Å²) in [5, 5.41) is 0. The summed E-state index contributed by atoms with van der Waals surface area (Å²) in [6.45, 7) is 8.62. The summed E-state index contributed by atoms with van der Waals surface area (Å²) in [6, 6.07) is 0. The summed E-state index contributed by atoms with van der Waals surface area (Å²) >= 11 is 0. The van der Waals surface area contributed by atoms with Crippen LogP contribution in [0.15, 0.2) is 0 Å². The second-order valence-corrected chi connectivity index (χ2v) is 8.14. The van der Waals surface area contributed by atoms with E-state index in [-0.39, 0.29) is 32.5 Å². The van der Waals surface area contributed by atoms with Crippen LogP contribution in [0.4, 0.5) is 35.9 Å². The first-order chi connectivity index (χ1) is 13.5. The van der Waals surface area contributed by atoms with E-state index < -0.39 is 41.8 Å². The van der Waals surface area contributed by atoms with Crippen molar-refractivity contribution in [3.05, 3.63) is 0 Å². The molecule has 0 bridgehead atoms. The summed E-state index contributed by atoms with van der Waals surface area (Å²) in [7, 11) is 0. The Kier molecular flexibility index (Phi) is 7.92. The van der Waals surface area contributed by atoms with Crippen molar-refractivity contribution in [3.8, 4) is 0 Å². The Morgan fingerprint density at radius 3 is 1.80 bits per heavy atom. The highest BCUT2D eigenvalue weighted by atomic mass is 19.4. The van der Waals surface area contributed by atoms with Gasteiger partial charge in [-0.3, -0.25) is 0 Å². The van der Waals surface area contributed by atoms with Gasteiger partial charge in [0.05, 0.1) is 0 Å². The second kappa shape index (κ2) is 9.09. The van der Waals surface area contributed by atoms with Gasteiger partial charge in [0.2, 0.25) is 0 Å². The van der Waals surface area contributed by atoms with E-state index in [0.717, 1.165) is 4.90 Å². The van der Waals surface area contributed by atoms with Crippen molar-refractivity contribution >= 4 is 12.2 Å². The molecule has 6 nitrogen and oxygen atoms in total. The van der Waals surface area contributed by atoms with E-state index in [0.29, 0.717) is 6.42 Å². The Hall–Kier alpha value is -1.88. The molecule has 176 valence electrons. The summed E-state index contributed by atoms with van der Waals surface area (Å²) in [5.74, 6) is 0. The largest absolute Gasteiger partial charge is 0.444 e. The minimum atomic E-state index is -5.77. The van der Waals surface area contributed by atoms with Crippen LogP contribution in [0.3, 0.4) is 0 Å². The topological polar surface area (TPSA) is 59.1 Å². The minimum Gasteiger partial charge on any atom is -0.444 e. The van der Waals surface area contributed by atoms with Gasteiger partial charge in [0, 0.05) is 25.2 Å². The average molecular weight is 450 g/mol. The standard InChI is InChI=1S/C18H28F6N2O4/c1-6-16(26(7-2)14(28)30-15(3,4)5)8-10-25(11-9-16)13(27)29-12(17(19,20)21)18(22,23)24/h12H,6-11H2,1-5H3. The van der Waals surface area contributed by atoms with Crippen LogP contribution in [0, 0.1) is 0 Å². The lowest BCUT2D eigenvalue weighted by Gasteiger charge is -2.48. The molecule has 2 amide bonds. The number of nitrogens with zero attached hydrogens (tertiary/aromatic N) is 2. The van der Waals surface area contributed by atoms with Crippen LogP contribution in [0.5, 0.6) is 0 Å². The average Bonchev–Trinajstić information content (AvgIpc) is 2.57. The predicted octanol–water partition coefficient (Wildman–Crippen LogP) is 5.12. The molecule has 0 unspecified atom stereocenters. The fraction of sp³-hybridized carbons (Fsp3) is 0.889. The molecule has 0 aromatic carbocycles. The summed E-state index contributed by atoms with van der Waals surface area (Å²) in [4.78, 5) is 26.8. The third-order valence-corrected chi connectivity index (χ3v) is 4.93. The Morgan fingerprint density at radius 2 is 1.47 bits per heavy atom. The quantitative estimate of drug-likeness (QED) is 0.558. The summed E-state index contributed by atoms with van der Waals surface area (Å²) in [6.07, 6.45) is -17.2. The van der Waals surface area contributed by atoms with E-state index in [1.165, 1.54) is 4.90 Å². The van der Waals surface area contributed by atoms with Crippen molar-refractivity contribution in [2.45, 2.75) is 83.5 Å². The number of carbonyl (C=O) groups excluding carboxylic acids is 2. The second-order valence-electron chi connectivity index (χ2n) is 8.14. The lowest BCUT2D eigenvalue weighted by Crippen LogP contribution is -2.59. The Morgan fingerprint density at radius 1 is 1.00 bits per heavy atom. The van der Waals surface area contributed by atoms with Crippen molar-refractivity contribution in [3.63, 3.8) is 0 Å². The first-order valence-corrected chi connectivity index (χ1v) is 9.56. The van der Waals surface area contributed by atoms with Crippen molar-refractivity contribution in [1.82, 2.24) is 9.80 Å². The van der Waals surface area contributed by atoms with E-state index in [1.54, 1.807) is 27.7 Å². The van der Waals surface area contributed by atoms with Gasteiger partial charge < -0.3 is 19.3 Å². The smallest absolute Gasteiger partial charge is 0.434 e. The van der Waals surface area contributed by atoms with Gasteiger partial charge in [-0.2, -0.15) is 26.3 Å². The summed E-state index contributed by atoms with van der Waals surface area (Å²) in [5.41, 5.74) is -1.48. The van der Waals surface area contributed by atoms with Crippen LogP contribution >= 0.6 is 0 Å². The maximum Gasteiger partial charge on any atom is 0.434 e. The molecule has 1 rings (SSSR count). The van der Waals surface area contributed by atoms with Gasteiger partial charge in [-0.05, 0) is 47.0 Å². The maximum atomic E-state index is 12.6. The zero-order valence-electron chi connectivity index (χ0n) is 17.6. The molecule has 1 heterocycles. The molecule has 0 spiro atoms. The Bertz CT molecular complexity index is 593. The monoisotopic (exact) mass is 450 g/mol. The minimum absolute atomic E-state index is 0.158. The highest BCUT2D eigenvalue weighted by Gasteiger charge is 2.60. The summed E-state index contributed by atoms with van der Waals surface area (Å²) < 4.78 is 84.9. The Balaban J connectivity index is 2.90. The molecule has 30 heavy (non-hydrogen) atoms. The zero-order chi connectivity index (χ0) is 23.5. The number of ether oxygens (including phenoxy) is 2. The molecule has 1 fully saturated rings.